The van der Waals surface area contributed by atoms with Crippen LogP contribution in [0.1, 0.15) is 29.7 Å². The van der Waals surface area contributed by atoms with Crippen molar-refractivity contribution in [1.82, 2.24) is 4.90 Å². The monoisotopic (exact) mass is 225 g/mol. The van der Waals surface area contributed by atoms with Crippen LogP contribution in [0.2, 0.25) is 0 Å². The maximum atomic E-state index is 10.0. The van der Waals surface area contributed by atoms with Crippen LogP contribution in [0.4, 0.5) is 0 Å². The first-order valence-electron chi connectivity index (χ1n) is 5.65. The number of aliphatic hydroxyl groups excluding tert-OH is 1. The van der Waals surface area contributed by atoms with Gasteiger partial charge in [0.1, 0.15) is 0 Å². The molecule has 0 radical (unpaired) electrons. The summed E-state index contributed by atoms with van der Waals surface area (Å²) < 4.78 is 0. The summed E-state index contributed by atoms with van der Waals surface area (Å²) in [6, 6.07) is 8.05. The largest absolute Gasteiger partial charge is 0.388 e. The SMILES string of the molecule is C#CCN(CC#C)[C@@H]1C[C@H](O)c2ccccc21. The van der Waals surface area contributed by atoms with Gasteiger partial charge in [-0.2, -0.15) is 0 Å². The van der Waals surface area contributed by atoms with Crippen molar-refractivity contribution in [2.75, 3.05) is 13.1 Å². The van der Waals surface area contributed by atoms with E-state index in [1.165, 1.54) is 0 Å². The summed E-state index contributed by atoms with van der Waals surface area (Å²) in [6.07, 6.45) is 11.0. The second kappa shape index (κ2) is 5.06. The zero-order chi connectivity index (χ0) is 12.3. The van der Waals surface area contributed by atoms with Crippen LogP contribution in [-0.2, 0) is 0 Å². The van der Waals surface area contributed by atoms with Crippen LogP contribution in [0.25, 0.3) is 0 Å². The van der Waals surface area contributed by atoms with Gasteiger partial charge in [-0.25, -0.2) is 0 Å². The lowest BCUT2D eigenvalue weighted by atomic mass is 10.1. The van der Waals surface area contributed by atoms with Crippen molar-refractivity contribution in [2.45, 2.75) is 18.6 Å². The van der Waals surface area contributed by atoms with Crippen molar-refractivity contribution in [3.63, 3.8) is 0 Å². The van der Waals surface area contributed by atoms with Gasteiger partial charge in [-0.05, 0) is 17.5 Å². The molecule has 2 atom stereocenters. The third-order valence-corrected chi connectivity index (χ3v) is 3.19. The second-order valence-electron chi connectivity index (χ2n) is 4.21. The van der Waals surface area contributed by atoms with Crippen molar-refractivity contribution in [3.05, 3.63) is 35.4 Å². The highest BCUT2D eigenvalue weighted by Crippen LogP contribution is 2.41. The van der Waals surface area contributed by atoms with Crippen LogP contribution < -0.4 is 0 Å². The van der Waals surface area contributed by atoms with Gasteiger partial charge in [0.05, 0.1) is 19.2 Å². The van der Waals surface area contributed by atoms with Gasteiger partial charge in [0.15, 0.2) is 0 Å². The summed E-state index contributed by atoms with van der Waals surface area (Å²) in [6.45, 7) is 1.02. The van der Waals surface area contributed by atoms with Gasteiger partial charge in [-0.3, -0.25) is 4.90 Å². The zero-order valence-corrected chi connectivity index (χ0v) is 9.63. The van der Waals surface area contributed by atoms with Crippen molar-refractivity contribution in [2.24, 2.45) is 0 Å². The van der Waals surface area contributed by atoms with E-state index in [4.69, 9.17) is 12.8 Å². The smallest absolute Gasteiger partial charge is 0.0811 e. The van der Waals surface area contributed by atoms with E-state index in [9.17, 15) is 5.11 Å². The van der Waals surface area contributed by atoms with Crippen LogP contribution in [0.3, 0.4) is 0 Å². The van der Waals surface area contributed by atoms with Gasteiger partial charge >= 0.3 is 0 Å². The van der Waals surface area contributed by atoms with Crippen LogP contribution in [0.15, 0.2) is 24.3 Å². The topological polar surface area (TPSA) is 23.5 Å². The number of fused-ring (bicyclic) bond motifs is 1. The highest BCUT2D eigenvalue weighted by atomic mass is 16.3. The highest BCUT2D eigenvalue weighted by Gasteiger charge is 2.32. The van der Waals surface area contributed by atoms with Crippen LogP contribution in [0, 0.1) is 24.7 Å². The summed E-state index contributed by atoms with van der Waals surface area (Å²) in [5.74, 6) is 5.25. The standard InChI is InChI=1S/C15H15NO/c1-3-9-16(10-4-2)14-11-15(17)13-8-6-5-7-12(13)14/h1-2,5-8,14-15,17H,9-11H2/t14-,15+/m1/s1. The average Bonchev–Trinajstić information content (AvgIpc) is 2.67. The van der Waals surface area contributed by atoms with Crippen molar-refractivity contribution >= 4 is 0 Å². The lowest BCUT2D eigenvalue weighted by molar-refractivity contribution is 0.139. The number of rotatable bonds is 3. The van der Waals surface area contributed by atoms with E-state index < -0.39 is 6.10 Å². The fourth-order valence-electron chi connectivity index (χ4n) is 2.44. The minimum Gasteiger partial charge on any atom is -0.388 e. The molecule has 1 N–H and O–H groups in total. The Bertz CT molecular complexity index is 464. The summed E-state index contributed by atoms with van der Waals surface area (Å²) in [5, 5.41) is 10.0. The molecule has 0 unspecified atom stereocenters. The lowest BCUT2D eigenvalue weighted by Gasteiger charge is -2.25. The summed E-state index contributed by atoms with van der Waals surface area (Å²) in [7, 11) is 0. The molecule has 86 valence electrons. The molecular formula is C15H15NO. The highest BCUT2D eigenvalue weighted by molar-refractivity contribution is 5.36. The summed E-state index contributed by atoms with van der Waals surface area (Å²) in [4.78, 5) is 2.05. The Labute approximate surface area is 102 Å². The van der Waals surface area contributed by atoms with Gasteiger partial charge in [-0.1, -0.05) is 36.1 Å². The Kier molecular flexibility index (Phi) is 3.49. The van der Waals surface area contributed by atoms with Gasteiger partial charge in [0.2, 0.25) is 0 Å². The molecular weight excluding hydrogens is 210 g/mol. The van der Waals surface area contributed by atoms with Crippen LogP contribution in [-0.4, -0.2) is 23.1 Å². The van der Waals surface area contributed by atoms with Crippen molar-refractivity contribution in [3.8, 4) is 24.7 Å². The molecule has 2 nitrogen and oxygen atoms in total. The maximum Gasteiger partial charge on any atom is 0.0811 e. The quantitative estimate of drug-likeness (QED) is 0.792. The number of hydrogen-bond donors (Lipinski definition) is 1. The molecule has 1 aliphatic rings. The average molecular weight is 225 g/mol. The molecule has 1 aromatic rings. The van der Waals surface area contributed by atoms with Gasteiger partial charge in [0, 0.05) is 6.04 Å². The summed E-state index contributed by atoms with van der Waals surface area (Å²) >= 11 is 0. The fourth-order valence-corrected chi connectivity index (χ4v) is 2.44. The predicted octanol–water partition coefficient (Wildman–Crippen LogP) is 1.73. The van der Waals surface area contributed by atoms with Gasteiger partial charge < -0.3 is 5.11 Å². The van der Waals surface area contributed by atoms with Gasteiger partial charge in [-0.15, -0.1) is 12.8 Å². The van der Waals surface area contributed by atoms with E-state index in [1.54, 1.807) is 0 Å². The number of benzene rings is 1. The molecule has 17 heavy (non-hydrogen) atoms. The number of terminal acetylenes is 2. The molecule has 0 aliphatic heterocycles. The predicted molar refractivity (Wildman–Crippen MR) is 68.0 cm³/mol. The van der Waals surface area contributed by atoms with E-state index in [-0.39, 0.29) is 6.04 Å². The Balaban J connectivity index is 2.29. The fraction of sp³-hybridized carbons (Fsp3) is 0.333. The van der Waals surface area contributed by atoms with E-state index in [1.807, 2.05) is 24.3 Å². The minimum atomic E-state index is -0.408. The first-order chi connectivity index (χ1) is 8.27. The van der Waals surface area contributed by atoms with Crippen molar-refractivity contribution in [1.29, 1.82) is 0 Å². The number of nitrogens with zero attached hydrogens (tertiary/aromatic N) is 1. The molecule has 0 aromatic heterocycles. The minimum absolute atomic E-state index is 0.133. The first-order valence-corrected chi connectivity index (χ1v) is 5.65. The summed E-state index contributed by atoms with van der Waals surface area (Å²) in [5.41, 5.74) is 2.14. The first kappa shape index (κ1) is 11.7. The maximum absolute atomic E-state index is 10.0. The van der Waals surface area contributed by atoms with E-state index in [0.29, 0.717) is 19.5 Å². The Morgan fingerprint density at radius 3 is 2.35 bits per heavy atom. The van der Waals surface area contributed by atoms with E-state index >= 15 is 0 Å². The normalized spacial score (nSPS) is 21.9. The van der Waals surface area contributed by atoms with E-state index in [2.05, 4.69) is 16.7 Å². The lowest BCUT2D eigenvalue weighted by Crippen LogP contribution is -2.28. The Morgan fingerprint density at radius 2 is 1.76 bits per heavy atom. The van der Waals surface area contributed by atoms with Crippen LogP contribution in [0.5, 0.6) is 0 Å². The molecule has 1 aromatic carbocycles. The molecule has 1 aliphatic carbocycles. The number of aliphatic hydroxyl groups is 1. The molecule has 2 rings (SSSR count). The molecule has 0 amide bonds. The molecule has 0 saturated carbocycles. The molecule has 0 spiro atoms. The van der Waals surface area contributed by atoms with E-state index in [0.717, 1.165) is 11.1 Å². The molecule has 0 saturated heterocycles. The molecule has 0 heterocycles. The molecule has 0 fully saturated rings. The third-order valence-electron chi connectivity index (χ3n) is 3.19. The number of hydrogen-bond acceptors (Lipinski definition) is 2. The Morgan fingerprint density at radius 1 is 1.18 bits per heavy atom. The van der Waals surface area contributed by atoms with Crippen molar-refractivity contribution < 1.29 is 5.11 Å². The second-order valence-corrected chi connectivity index (χ2v) is 4.21. The zero-order valence-electron chi connectivity index (χ0n) is 9.63. The van der Waals surface area contributed by atoms with Crippen LogP contribution >= 0.6 is 0 Å². The molecule has 0 bridgehead atoms. The molecule has 2 heteroatoms. The third kappa shape index (κ3) is 2.19. The van der Waals surface area contributed by atoms with Gasteiger partial charge in [0.25, 0.3) is 0 Å². The Hall–Kier alpha value is -1.74.